The van der Waals surface area contributed by atoms with Crippen molar-refractivity contribution in [2.24, 2.45) is 5.92 Å². The molecule has 2 aliphatic carbocycles. The van der Waals surface area contributed by atoms with E-state index in [1.165, 1.54) is 6.07 Å². The number of tetrazole rings is 1. The lowest BCUT2D eigenvalue weighted by Crippen LogP contribution is -2.20. The van der Waals surface area contributed by atoms with E-state index in [0.29, 0.717) is 41.3 Å². The Balaban J connectivity index is 1.22. The number of fused-ring (bicyclic) bond motifs is 3. The number of imidazole rings is 1. The summed E-state index contributed by atoms with van der Waals surface area (Å²) in [5, 5.41) is 15.2. The average Bonchev–Trinajstić information content (AvgIpc) is 3.79. The first-order valence-electron chi connectivity index (χ1n) is 12.3. The largest absolute Gasteiger partial charge is 0.488 e. The molecule has 0 spiro atoms. The molecule has 9 nitrogen and oxygen atoms in total. The number of benzene rings is 2. The first-order valence-corrected chi connectivity index (χ1v) is 12.3. The highest BCUT2D eigenvalue weighted by Crippen LogP contribution is 2.45. The molecule has 1 atom stereocenters. The van der Waals surface area contributed by atoms with Crippen LogP contribution < -0.4 is 10.1 Å². The average molecular weight is 486 g/mol. The SMILES string of the molecule is Cc1cc(F)c(C(=O)Nc2cccc3c2OC[C@@H](C2CC2)n2nnnc2-3)cc1-n1cnc(C2CC2)c1. The molecule has 7 rings (SSSR count). The molecule has 10 heteroatoms. The lowest BCUT2D eigenvalue weighted by Gasteiger charge is -2.16. The zero-order valence-electron chi connectivity index (χ0n) is 19.7. The van der Waals surface area contributed by atoms with Crippen LogP contribution in [0.1, 0.15) is 59.3 Å². The van der Waals surface area contributed by atoms with Crippen LogP contribution >= 0.6 is 0 Å². The molecular formula is C26H24FN7O2. The second-order valence-corrected chi connectivity index (χ2v) is 9.90. The monoisotopic (exact) mass is 485 g/mol. The molecule has 182 valence electrons. The van der Waals surface area contributed by atoms with E-state index in [1.54, 1.807) is 24.5 Å². The summed E-state index contributed by atoms with van der Waals surface area (Å²) in [6.07, 6.45) is 8.20. The van der Waals surface area contributed by atoms with Crippen LogP contribution in [-0.2, 0) is 0 Å². The van der Waals surface area contributed by atoms with E-state index in [9.17, 15) is 4.79 Å². The number of amides is 1. The van der Waals surface area contributed by atoms with Gasteiger partial charge in [0.15, 0.2) is 11.6 Å². The van der Waals surface area contributed by atoms with Gasteiger partial charge < -0.3 is 14.6 Å². The van der Waals surface area contributed by atoms with Gasteiger partial charge in [-0.05, 0) is 78.8 Å². The number of rotatable bonds is 5. The Morgan fingerprint density at radius 1 is 1.19 bits per heavy atom. The van der Waals surface area contributed by atoms with Gasteiger partial charge in [-0.1, -0.05) is 6.07 Å². The summed E-state index contributed by atoms with van der Waals surface area (Å²) in [5.41, 5.74) is 3.56. The van der Waals surface area contributed by atoms with Crippen LogP contribution in [-0.4, -0.2) is 42.3 Å². The number of hydrogen-bond acceptors (Lipinski definition) is 6. The summed E-state index contributed by atoms with van der Waals surface area (Å²) in [6.45, 7) is 2.22. The zero-order valence-corrected chi connectivity index (χ0v) is 19.7. The molecule has 4 aromatic rings. The van der Waals surface area contributed by atoms with Gasteiger partial charge in [-0.15, -0.1) is 5.10 Å². The molecule has 3 aliphatic rings. The smallest absolute Gasteiger partial charge is 0.258 e. The van der Waals surface area contributed by atoms with E-state index < -0.39 is 11.7 Å². The first kappa shape index (κ1) is 21.2. The highest BCUT2D eigenvalue weighted by Gasteiger charge is 2.38. The Kier molecular flexibility index (Phi) is 4.70. The van der Waals surface area contributed by atoms with Gasteiger partial charge in [0.1, 0.15) is 12.4 Å². The van der Waals surface area contributed by atoms with Crippen LogP contribution in [0, 0.1) is 18.7 Å². The third kappa shape index (κ3) is 3.55. The van der Waals surface area contributed by atoms with Crippen LogP contribution in [0.2, 0.25) is 0 Å². The van der Waals surface area contributed by atoms with Crippen molar-refractivity contribution in [3.63, 3.8) is 0 Å². The van der Waals surface area contributed by atoms with Crippen molar-refractivity contribution in [3.05, 3.63) is 65.5 Å². The van der Waals surface area contributed by atoms with Gasteiger partial charge in [0.05, 0.1) is 40.6 Å². The van der Waals surface area contributed by atoms with Crippen molar-refractivity contribution in [2.45, 2.75) is 44.6 Å². The highest BCUT2D eigenvalue weighted by atomic mass is 19.1. The molecule has 36 heavy (non-hydrogen) atoms. The first-order chi connectivity index (χ1) is 17.6. The number of nitrogens with zero attached hydrogens (tertiary/aromatic N) is 6. The number of anilines is 1. The molecule has 0 bridgehead atoms. The van der Waals surface area contributed by atoms with E-state index in [-0.39, 0.29) is 11.6 Å². The number of ether oxygens (including phenoxy) is 1. The van der Waals surface area contributed by atoms with Gasteiger partial charge in [-0.3, -0.25) is 4.79 Å². The number of aryl methyl sites for hydroxylation is 1. The van der Waals surface area contributed by atoms with Gasteiger partial charge >= 0.3 is 0 Å². The Bertz CT molecular complexity index is 1500. The zero-order chi connectivity index (χ0) is 24.4. The number of carbonyl (C=O) groups excluding carboxylic acids is 1. The third-order valence-electron chi connectivity index (χ3n) is 7.28. The number of nitrogens with one attached hydrogen (secondary N) is 1. The Hall–Kier alpha value is -4.08. The molecule has 0 radical (unpaired) electrons. The van der Waals surface area contributed by atoms with Crippen LogP contribution in [0.25, 0.3) is 17.1 Å². The number of carbonyl (C=O) groups is 1. The second kappa shape index (κ2) is 7.97. The summed E-state index contributed by atoms with van der Waals surface area (Å²) in [5.74, 6) is 0.923. The maximum absolute atomic E-state index is 15.0. The van der Waals surface area contributed by atoms with E-state index >= 15 is 4.39 Å². The summed E-state index contributed by atoms with van der Waals surface area (Å²) in [7, 11) is 0. The Morgan fingerprint density at radius 2 is 2.06 bits per heavy atom. The molecule has 1 N–H and O–H groups in total. The minimum atomic E-state index is -0.586. The highest BCUT2D eigenvalue weighted by molar-refractivity contribution is 6.06. The van der Waals surface area contributed by atoms with Crippen molar-refractivity contribution in [3.8, 4) is 22.8 Å². The maximum Gasteiger partial charge on any atom is 0.258 e. The third-order valence-corrected chi connectivity index (χ3v) is 7.28. The van der Waals surface area contributed by atoms with E-state index in [1.807, 2.05) is 28.4 Å². The minimum absolute atomic E-state index is 0.0405. The second-order valence-electron chi connectivity index (χ2n) is 9.90. The van der Waals surface area contributed by atoms with Crippen LogP contribution in [0.3, 0.4) is 0 Å². The lowest BCUT2D eigenvalue weighted by atomic mass is 10.1. The number of hydrogen-bond donors (Lipinski definition) is 1. The topological polar surface area (TPSA) is 99.7 Å². The molecule has 1 amide bonds. The van der Waals surface area contributed by atoms with Gasteiger partial charge in [-0.25, -0.2) is 14.1 Å². The maximum atomic E-state index is 15.0. The van der Waals surface area contributed by atoms with Gasteiger partial charge in [0, 0.05) is 12.1 Å². The van der Waals surface area contributed by atoms with Crippen molar-refractivity contribution in [1.29, 1.82) is 0 Å². The fourth-order valence-electron chi connectivity index (χ4n) is 4.98. The number of para-hydroxylation sites is 1. The number of aromatic nitrogens is 6. The lowest BCUT2D eigenvalue weighted by molar-refractivity contribution is 0.102. The van der Waals surface area contributed by atoms with E-state index in [2.05, 4.69) is 25.8 Å². The van der Waals surface area contributed by atoms with Gasteiger partial charge in [0.25, 0.3) is 5.91 Å². The van der Waals surface area contributed by atoms with E-state index in [4.69, 9.17) is 4.74 Å². The number of halogens is 1. The predicted molar refractivity (Wildman–Crippen MR) is 129 cm³/mol. The predicted octanol–water partition coefficient (Wildman–Crippen LogP) is 4.45. The summed E-state index contributed by atoms with van der Waals surface area (Å²) in [6, 6.07) is 8.41. The normalized spacial score (nSPS) is 18.7. The summed E-state index contributed by atoms with van der Waals surface area (Å²) in [4.78, 5) is 17.8. The van der Waals surface area contributed by atoms with Crippen LogP contribution in [0.5, 0.6) is 5.75 Å². The van der Waals surface area contributed by atoms with E-state index in [0.717, 1.165) is 42.6 Å². The minimum Gasteiger partial charge on any atom is -0.488 e. The molecule has 2 saturated carbocycles. The molecule has 3 heterocycles. The molecule has 2 aromatic carbocycles. The van der Waals surface area contributed by atoms with Crippen LogP contribution in [0.4, 0.5) is 10.1 Å². The molecular weight excluding hydrogens is 461 g/mol. The quantitative estimate of drug-likeness (QED) is 0.449. The molecule has 0 unspecified atom stereocenters. The van der Waals surface area contributed by atoms with Gasteiger partial charge in [0.2, 0.25) is 0 Å². The summed E-state index contributed by atoms with van der Waals surface area (Å²) >= 11 is 0. The summed E-state index contributed by atoms with van der Waals surface area (Å²) < 4.78 is 24.9. The molecule has 2 fully saturated rings. The fraction of sp³-hybridized carbons (Fsp3) is 0.346. The van der Waals surface area contributed by atoms with Gasteiger partial charge in [-0.2, -0.15) is 0 Å². The van der Waals surface area contributed by atoms with Crippen molar-refractivity contribution in [2.75, 3.05) is 11.9 Å². The Morgan fingerprint density at radius 3 is 2.86 bits per heavy atom. The molecule has 1 aliphatic heterocycles. The fourth-order valence-corrected chi connectivity index (χ4v) is 4.98. The standard InChI is InChI=1S/C26H24FN7O2/c1-14-9-19(27)18(10-22(14)33-11-21(28-13-33)15-5-6-15)26(35)29-20-4-2-3-17-24(20)36-12-23(16-7-8-16)34-25(17)30-31-32-34/h2-4,9-11,13,15-16,23H,5-8,12H2,1H3,(H,29,35)/t23-/m0/s1. The van der Waals surface area contributed by atoms with Crippen molar-refractivity contribution >= 4 is 11.6 Å². The van der Waals surface area contributed by atoms with Crippen LogP contribution in [0.15, 0.2) is 42.9 Å². The van der Waals surface area contributed by atoms with Crippen molar-refractivity contribution in [1.82, 2.24) is 29.8 Å². The van der Waals surface area contributed by atoms with Crippen molar-refractivity contribution < 1.29 is 13.9 Å². The Labute approximate surface area is 206 Å². The molecule has 0 saturated heterocycles. The molecule has 2 aromatic heterocycles.